The molecule has 1 fully saturated rings. The molecular weight excluding hydrogens is 404 g/mol. The number of hydrogen-bond acceptors (Lipinski definition) is 6. The van der Waals surface area contributed by atoms with E-state index in [0.29, 0.717) is 43.2 Å². The Kier molecular flexibility index (Phi) is 7.92. The number of piperazine rings is 1. The fraction of sp³-hybridized carbons (Fsp3) is 0.429. The summed E-state index contributed by atoms with van der Waals surface area (Å²) in [5.74, 6) is 1.27. The summed E-state index contributed by atoms with van der Waals surface area (Å²) in [6.45, 7) is 4.70. The quantitative estimate of drug-likeness (QED) is 0.667. The summed E-state index contributed by atoms with van der Waals surface area (Å²) in [7, 11) is 3.18. The Bertz CT molecular complexity index is 836. The first-order valence-electron chi connectivity index (χ1n) is 9.87. The first-order valence-corrected chi connectivity index (χ1v) is 10.8. The van der Waals surface area contributed by atoms with Crippen LogP contribution >= 0.6 is 11.3 Å². The summed E-state index contributed by atoms with van der Waals surface area (Å²) < 4.78 is 10.5. The van der Waals surface area contributed by atoms with Gasteiger partial charge in [-0.25, -0.2) is 4.79 Å². The summed E-state index contributed by atoms with van der Waals surface area (Å²) in [6.07, 6.45) is 0. The Morgan fingerprint density at radius 3 is 2.47 bits per heavy atom. The maximum atomic E-state index is 12.5. The van der Waals surface area contributed by atoms with E-state index in [4.69, 9.17) is 9.47 Å². The van der Waals surface area contributed by atoms with E-state index in [1.807, 2.05) is 39.9 Å². The minimum atomic E-state index is -0.0739. The van der Waals surface area contributed by atoms with Crippen LogP contribution in [0.1, 0.15) is 15.9 Å². The number of benzene rings is 1. The third-order valence-electron chi connectivity index (χ3n) is 5.05. The number of carbonyl (C=O) groups is 2. The van der Waals surface area contributed by atoms with Crippen LogP contribution in [0.4, 0.5) is 4.79 Å². The summed E-state index contributed by atoms with van der Waals surface area (Å²) in [5.41, 5.74) is 1.65. The fourth-order valence-electron chi connectivity index (χ4n) is 3.28. The van der Waals surface area contributed by atoms with E-state index in [9.17, 15) is 9.59 Å². The molecule has 1 saturated heterocycles. The summed E-state index contributed by atoms with van der Waals surface area (Å²) in [5, 5.41) is 9.63. The molecule has 2 N–H and O–H groups in total. The standard InChI is InChI=1S/C21H28N4O4S/c1-28-18-4-3-16(13-19(18)29-2)14-23-21(27)25-10-8-24(9-11-25)7-6-22-20(26)17-5-12-30-15-17/h3-5,12-13,15H,6-11,14H2,1-2H3,(H,22,26)(H,23,27). The largest absolute Gasteiger partial charge is 0.493 e. The lowest BCUT2D eigenvalue weighted by atomic mass is 10.2. The minimum absolute atomic E-state index is 0.0376. The third kappa shape index (κ3) is 5.87. The monoisotopic (exact) mass is 432 g/mol. The average Bonchev–Trinajstić information content (AvgIpc) is 3.32. The van der Waals surface area contributed by atoms with Gasteiger partial charge in [-0.05, 0) is 29.1 Å². The van der Waals surface area contributed by atoms with Crippen molar-refractivity contribution in [2.45, 2.75) is 6.54 Å². The Labute approximate surface area is 180 Å². The second-order valence-electron chi connectivity index (χ2n) is 6.94. The van der Waals surface area contributed by atoms with Crippen LogP contribution in [0.15, 0.2) is 35.0 Å². The predicted octanol–water partition coefficient (Wildman–Crippen LogP) is 2.02. The summed E-state index contributed by atoms with van der Waals surface area (Å²) in [4.78, 5) is 28.5. The Morgan fingerprint density at radius 2 is 1.80 bits per heavy atom. The Balaban J connectivity index is 1.36. The highest BCUT2D eigenvalue weighted by atomic mass is 32.1. The lowest BCUT2D eigenvalue weighted by molar-refractivity contribution is 0.0942. The summed E-state index contributed by atoms with van der Waals surface area (Å²) in [6, 6.07) is 7.34. The van der Waals surface area contributed by atoms with Crippen LogP contribution in [0.25, 0.3) is 0 Å². The van der Waals surface area contributed by atoms with Gasteiger partial charge < -0.3 is 25.0 Å². The Morgan fingerprint density at radius 1 is 1.03 bits per heavy atom. The van der Waals surface area contributed by atoms with Gasteiger partial charge in [-0.1, -0.05) is 6.07 Å². The van der Waals surface area contributed by atoms with E-state index >= 15 is 0 Å². The number of rotatable bonds is 8. The first kappa shape index (κ1) is 21.9. The van der Waals surface area contributed by atoms with Gasteiger partial charge in [0.15, 0.2) is 11.5 Å². The van der Waals surface area contributed by atoms with Gasteiger partial charge in [0.25, 0.3) is 5.91 Å². The maximum absolute atomic E-state index is 12.5. The van der Waals surface area contributed by atoms with Crippen molar-refractivity contribution in [2.24, 2.45) is 0 Å². The average molecular weight is 433 g/mol. The zero-order valence-electron chi connectivity index (χ0n) is 17.3. The smallest absolute Gasteiger partial charge is 0.317 e. The first-order chi connectivity index (χ1) is 14.6. The van der Waals surface area contributed by atoms with E-state index in [2.05, 4.69) is 15.5 Å². The molecule has 0 radical (unpaired) electrons. The van der Waals surface area contributed by atoms with Crippen molar-refractivity contribution in [2.75, 3.05) is 53.5 Å². The molecular formula is C21H28N4O4S. The van der Waals surface area contributed by atoms with Gasteiger partial charge in [0.1, 0.15) is 0 Å². The minimum Gasteiger partial charge on any atom is -0.493 e. The molecule has 2 heterocycles. The van der Waals surface area contributed by atoms with Crippen molar-refractivity contribution in [3.8, 4) is 11.5 Å². The topological polar surface area (TPSA) is 83.1 Å². The molecule has 1 aliphatic rings. The van der Waals surface area contributed by atoms with Crippen molar-refractivity contribution in [1.82, 2.24) is 20.4 Å². The van der Waals surface area contributed by atoms with Gasteiger partial charge in [-0.15, -0.1) is 0 Å². The fourth-order valence-corrected chi connectivity index (χ4v) is 3.91. The number of urea groups is 1. The molecule has 0 aliphatic carbocycles. The number of amides is 3. The van der Waals surface area contributed by atoms with Crippen LogP contribution in [0.2, 0.25) is 0 Å². The lowest BCUT2D eigenvalue weighted by Crippen LogP contribution is -2.52. The van der Waals surface area contributed by atoms with Crippen LogP contribution < -0.4 is 20.1 Å². The highest BCUT2D eigenvalue weighted by Gasteiger charge is 2.21. The van der Waals surface area contributed by atoms with E-state index in [0.717, 1.165) is 25.2 Å². The molecule has 3 rings (SSSR count). The van der Waals surface area contributed by atoms with Gasteiger partial charge in [0, 0.05) is 56.8 Å². The van der Waals surface area contributed by atoms with E-state index < -0.39 is 0 Å². The number of ether oxygens (including phenoxy) is 2. The van der Waals surface area contributed by atoms with Crippen molar-refractivity contribution >= 4 is 23.3 Å². The van der Waals surface area contributed by atoms with Gasteiger partial charge in [0.2, 0.25) is 0 Å². The lowest BCUT2D eigenvalue weighted by Gasteiger charge is -2.34. The van der Waals surface area contributed by atoms with Crippen LogP contribution in [0, 0.1) is 0 Å². The molecule has 0 saturated carbocycles. The van der Waals surface area contributed by atoms with Crippen LogP contribution in [0.3, 0.4) is 0 Å². The van der Waals surface area contributed by atoms with Crippen LogP contribution in [0.5, 0.6) is 11.5 Å². The Hall–Kier alpha value is -2.78. The molecule has 1 aliphatic heterocycles. The molecule has 2 aromatic rings. The van der Waals surface area contributed by atoms with E-state index in [1.165, 1.54) is 11.3 Å². The van der Waals surface area contributed by atoms with Crippen molar-refractivity contribution in [3.63, 3.8) is 0 Å². The molecule has 0 bridgehead atoms. The molecule has 8 nitrogen and oxygen atoms in total. The summed E-state index contributed by atoms with van der Waals surface area (Å²) >= 11 is 1.51. The highest BCUT2D eigenvalue weighted by Crippen LogP contribution is 2.27. The molecule has 0 unspecified atom stereocenters. The van der Waals surface area contributed by atoms with E-state index in [1.54, 1.807) is 14.2 Å². The molecule has 1 aromatic heterocycles. The number of methoxy groups -OCH3 is 2. The number of thiophene rings is 1. The molecule has 30 heavy (non-hydrogen) atoms. The number of nitrogens with zero attached hydrogens (tertiary/aromatic N) is 2. The molecule has 0 spiro atoms. The second kappa shape index (κ2) is 10.8. The predicted molar refractivity (Wildman–Crippen MR) is 116 cm³/mol. The van der Waals surface area contributed by atoms with Gasteiger partial charge >= 0.3 is 6.03 Å². The van der Waals surface area contributed by atoms with Crippen molar-refractivity contribution in [1.29, 1.82) is 0 Å². The van der Waals surface area contributed by atoms with Gasteiger partial charge in [-0.2, -0.15) is 11.3 Å². The normalized spacial score (nSPS) is 14.3. The molecule has 162 valence electrons. The van der Waals surface area contributed by atoms with Crippen molar-refractivity contribution in [3.05, 3.63) is 46.2 Å². The third-order valence-corrected chi connectivity index (χ3v) is 5.73. The zero-order valence-corrected chi connectivity index (χ0v) is 18.2. The van der Waals surface area contributed by atoms with Crippen molar-refractivity contribution < 1.29 is 19.1 Å². The van der Waals surface area contributed by atoms with Crippen LogP contribution in [-0.2, 0) is 6.54 Å². The highest BCUT2D eigenvalue weighted by molar-refractivity contribution is 7.08. The number of nitrogens with one attached hydrogen (secondary N) is 2. The maximum Gasteiger partial charge on any atom is 0.317 e. The molecule has 9 heteroatoms. The van der Waals surface area contributed by atoms with Crippen LogP contribution in [-0.4, -0.2) is 75.2 Å². The zero-order chi connectivity index (χ0) is 21.3. The number of carbonyl (C=O) groups excluding carboxylic acids is 2. The second-order valence-corrected chi connectivity index (χ2v) is 7.72. The number of hydrogen-bond donors (Lipinski definition) is 2. The molecule has 0 atom stereocenters. The van der Waals surface area contributed by atoms with E-state index in [-0.39, 0.29) is 11.9 Å². The SMILES string of the molecule is COc1ccc(CNC(=O)N2CCN(CCNC(=O)c3ccsc3)CC2)cc1OC. The molecule has 3 amide bonds. The molecule has 1 aromatic carbocycles. The van der Waals surface area contributed by atoms with Gasteiger partial charge in [-0.3, -0.25) is 9.69 Å². The van der Waals surface area contributed by atoms with Gasteiger partial charge in [0.05, 0.1) is 14.2 Å².